The van der Waals surface area contributed by atoms with Crippen LogP contribution in [0.15, 0.2) is 30.3 Å². The first-order valence-electron chi connectivity index (χ1n) is 10.6. The highest BCUT2D eigenvalue weighted by Crippen LogP contribution is 2.29. The summed E-state index contributed by atoms with van der Waals surface area (Å²) in [4.78, 5) is 30.3. The lowest BCUT2D eigenvalue weighted by molar-refractivity contribution is -0.138. The number of nitrogens with zero attached hydrogens (tertiary/aromatic N) is 2. The van der Waals surface area contributed by atoms with Gasteiger partial charge in [-0.15, -0.1) is 0 Å². The number of anilines is 2. The second-order valence-electron chi connectivity index (χ2n) is 8.20. The highest BCUT2D eigenvalue weighted by Gasteiger charge is 2.26. The van der Waals surface area contributed by atoms with Crippen LogP contribution in [-0.2, 0) is 16.0 Å². The van der Waals surface area contributed by atoms with Gasteiger partial charge in [0.25, 0.3) is 0 Å². The van der Waals surface area contributed by atoms with Crippen LogP contribution in [-0.4, -0.2) is 53.0 Å². The molecule has 7 nitrogen and oxygen atoms in total. The van der Waals surface area contributed by atoms with Crippen molar-refractivity contribution in [3.63, 3.8) is 0 Å². The van der Waals surface area contributed by atoms with E-state index in [0.717, 1.165) is 47.7 Å². The number of aliphatic carboxylic acids is 1. The summed E-state index contributed by atoms with van der Waals surface area (Å²) in [7, 11) is 0. The molecule has 3 heterocycles. The van der Waals surface area contributed by atoms with E-state index in [9.17, 15) is 9.59 Å². The van der Waals surface area contributed by atoms with Crippen molar-refractivity contribution < 1.29 is 14.7 Å². The third-order valence-electron chi connectivity index (χ3n) is 5.99. The first kappa shape index (κ1) is 20.3. The molecule has 0 atom stereocenters. The summed E-state index contributed by atoms with van der Waals surface area (Å²) in [6.07, 6.45) is 3.53. The highest BCUT2D eigenvalue weighted by atomic mass is 16.4. The van der Waals surface area contributed by atoms with Crippen molar-refractivity contribution in [3.05, 3.63) is 41.5 Å². The molecule has 4 rings (SSSR count). The number of carbonyl (C=O) groups is 2. The molecule has 30 heavy (non-hydrogen) atoms. The van der Waals surface area contributed by atoms with Crippen LogP contribution in [0.1, 0.15) is 30.4 Å². The van der Waals surface area contributed by atoms with Crippen LogP contribution in [0, 0.1) is 12.8 Å². The van der Waals surface area contributed by atoms with Gasteiger partial charge in [-0.05, 0) is 75.0 Å². The smallest absolute Gasteiger partial charge is 0.317 e. The Bertz CT molecular complexity index is 951. The maximum absolute atomic E-state index is 12.7. The number of hydrogen-bond donors (Lipinski definition) is 3. The van der Waals surface area contributed by atoms with Gasteiger partial charge in [0.15, 0.2) is 0 Å². The number of hydrogen-bond acceptors (Lipinski definition) is 5. The topological polar surface area (TPSA) is 94.6 Å². The van der Waals surface area contributed by atoms with Crippen LogP contribution < -0.4 is 10.6 Å². The van der Waals surface area contributed by atoms with E-state index in [0.29, 0.717) is 25.9 Å². The van der Waals surface area contributed by atoms with Gasteiger partial charge in [0.1, 0.15) is 5.82 Å². The Morgan fingerprint density at radius 1 is 1.23 bits per heavy atom. The molecule has 3 N–H and O–H groups in total. The molecule has 0 radical (unpaired) electrons. The number of carboxylic acids is 1. The van der Waals surface area contributed by atoms with Crippen LogP contribution in [0.3, 0.4) is 0 Å². The number of piperidine rings is 1. The Morgan fingerprint density at radius 3 is 2.80 bits per heavy atom. The maximum Gasteiger partial charge on any atom is 0.317 e. The van der Waals surface area contributed by atoms with E-state index in [1.165, 1.54) is 5.56 Å². The normalized spacial score (nSPS) is 17.1. The van der Waals surface area contributed by atoms with Crippen molar-refractivity contribution in [1.82, 2.24) is 9.88 Å². The molecule has 1 amide bonds. The zero-order chi connectivity index (χ0) is 21.1. The zero-order valence-electron chi connectivity index (χ0n) is 17.3. The third-order valence-corrected chi connectivity index (χ3v) is 5.99. The average Bonchev–Trinajstić information content (AvgIpc) is 2.75. The molecule has 0 aliphatic carbocycles. The second-order valence-corrected chi connectivity index (χ2v) is 8.20. The minimum Gasteiger partial charge on any atom is -0.480 e. The Kier molecular flexibility index (Phi) is 5.99. The van der Waals surface area contributed by atoms with Gasteiger partial charge < -0.3 is 15.7 Å². The third kappa shape index (κ3) is 4.62. The van der Waals surface area contributed by atoms with Crippen LogP contribution in [0.5, 0.6) is 0 Å². The number of pyridine rings is 1. The molecule has 0 bridgehead atoms. The second kappa shape index (κ2) is 8.83. The fourth-order valence-corrected chi connectivity index (χ4v) is 4.24. The summed E-state index contributed by atoms with van der Waals surface area (Å²) in [6.45, 7) is 4.31. The maximum atomic E-state index is 12.7. The summed E-state index contributed by atoms with van der Waals surface area (Å²) >= 11 is 0. The van der Waals surface area contributed by atoms with Gasteiger partial charge in [-0.25, -0.2) is 4.98 Å². The lowest BCUT2D eigenvalue weighted by atomic mass is 9.95. The van der Waals surface area contributed by atoms with Gasteiger partial charge in [-0.1, -0.05) is 12.1 Å². The van der Waals surface area contributed by atoms with Crippen LogP contribution >= 0.6 is 0 Å². The minimum atomic E-state index is -0.823. The SMILES string of the molecule is Cc1ccc(NC(=O)C2CCN(CC(=O)O)CC2)cc1-c1ccc2c(n1)NCCC2. The van der Waals surface area contributed by atoms with E-state index in [4.69, 9.17) is 10.1 Å². The number of benzene rings is 1. The summed E-state index contributed by atoms with van der Waals surface area (Å²) in [5.41, 5.74) is 5.04. The van der Waals surface area contributed by atoms with E-state index in [1.807, 2.05) is 30.0 Å². The molecule has 1 aromatic heterocycles. The monoisotopic (exact) mass is 408 g/mol. The van der Waals surface area contributed by atoms with E-state index < -0.39 is 5.97 Å². The number of carbonyl (C=O) groups excluding carboxylic acids is 1. The van der Waals surface area contributed by atoms with Crippen LogP contribution in [0.2, 0.25) is 0 Å². The molecule has 0 unspecified atom stereocenters. The number of aryl methyl sites for hydroxylation is 2. The van der Waals surface area contributed by atoms with Crippen molar-refractivity contribution in [3.8, 4) is 11.3 Å². The quantitative estimate of drug-likeness (QED) is 0.704. The molecular weight excluding hydrogens is 380 g/mol. The van der Waals surface area contributed by atoms with E-state index in [1.54, 1.807) is 0 Å². The Morgan fingerprint density at radius 2 is 2.03 bits per heavy atom. The molecule has 2 aliphatic rings. The Hall–Kier alpha value is -2.93. The van der Waals surface area contributed by atoms with Gasteiger partial charge in [-0.3, -0.25) is 14.5 Å². The molecule has 1 saturated heterocycles. The van der Waals surface area contributed by atoms with Crippen molar-refractivity contribution in [1.29, 1.82) is 0 Å². The van der Waals surface area contributed by atoms with Gasteiger partial charge >= 0.3 is 5.97 Å². The number of likely N-dealkylation sites (tertiary alicyclic amines) is 1. The summed E-state index contributed by atoms with van der Waals surface area (Å²) in [5, 5.41) is 15.3. The molecule has 1 aromatic carbocycles. The van der Waals surface area contributed by atoms with Crippen molar-refractivity contribution >= 4 is 23.4 Å². The summed E-state index contributed by atoms with van der Waals surface area (Å²) in [5.74, 6) is 0.0440. The minimum absolute atomic E-state index is 0.000144. The molecule has 1 fully saturated rings. The number of carboxylic acid groups (broad SMARTS) is 1. The van der Waals surface area contributed by atoms with Gasteiger partial charge in [0, 0.05) is 23.7 Å². The largest absolute Gasteiger partial charge is 0.480 e. The molecule has 0 spiro atoms. The number of aromatic nitrogens is 1. The first-order valence-corrected chi connectivity index (χ1v) is 10.6. The molecule has 158 valence electrons. The van der Waals surface area contributed by atoms with Gasteiger partial charge in [0.05, 0.1) is 12.2 Å². The molecule has 2 aromatic rings. The molecule has 2 aliphatic heterocycles. The highest BCUT2D eigenvalue weighted by molar-refractivity contribution is 5.93. The van der Waals surface area contributed by atoms with E-state index in [2.05, 4.69) is 22.8 Å². The fraction of sp³-hybridized carbons (Fsp3) is 0.435. The van der Waals surface area contributed by atoms with Gasteiger partial charge in [-0.2, -0.15) is 0 Å². The Labute approximate surface area is 176 Å². The lowest BCUT2D eigenvalue weighted by Crippen LogP contribution is -2.40. The molecule has 0 saturated carbocycles. The predicted molar refractivity (Wildman–Crippen MR) is 117 cm³/mol. The van der Waals surface area contributed by atoms with E-state index in [-0.39, 0.29) is 18.4 Å². The zero-order valence-corrected chi connectivity index (χ0v) is 17.3. The summed E-state index contributed by atoms with van der Waals surface area (Å²) < 4.78 is 0. The number of amides is 1. The Balaban J connectivity index is 1.45. The summed E-state index contributed by atoms with van der Waals surface area (Å²) in [6, 6.07) is 10.1. The fourth-order valence-electron chi connectivity index (χ4n) is 4.24. The number of rotatable bonds is 5. The first-order chi connectivity index (χ1) is 14.5. The average molecular weight is 409 g/mol. The van der Waals surface area contributed by atoms with Crippen molar-refractivity contribution in [2.45, 2.75) is 32.6 Å². The number of nitrogens with one attached hydrogen (secondary N) is 2. The standard InChI is InChI=1S/C23H28N4O3/c1-15-4-6-18(25-23(30)17-8-11-27(12-9-17)14-21(28)29)13-19(15)20-7-5-16-3-2-10-24-22(16)26-20/h4-7,13,17H,2-3,8-12,14H2,1H3,(H,24,26)(H,25,30)(H,28,29). The van der Waals surface area contributed by atoms with Crippen molar-refractivity contribution in [2.24, 2.45) is 5.92 Å². The molecule has 7 heteroatoms. The van der Waals surface area contributed by atoms with Crippen LogP contribution in [0.25, 0.3) is 11.3 Å². The van der Waals surface area contributed by atoms with Crippen LogP contribution in [0.4, 0.5) is 11.5 Å². The molecular formula is C23H28N4O3. The van der Waals surface area contributed by atoms with E-state index >= 15 is 0 Å². The lowest BCUT2D eigenvalue weighted by Gasteiger charge is -2.30. The van der Waals surface area contributed by atoms with Gasteiger partial charge in [0.2, 0.25) is 5.91 Å². The van der Waals surface area contributed by atoms with Crippen molar-refractivity contribution in [2.75, 3.05) is 36.8 Å². The number of fused-ring (bicyclic) bond motifs is 1. The predicted octanol–water partition coefficient (Wildman–Crippen LogP) is 3.15.